The fourth-order valence-electron chi connectivity index (χ4n) is 1.79. The first kappa shape index (κ1) is 16.8. The van der Waals surface area contributed by atoms with Gasteiger partial charge in [0.1, 0.15) is 5.82 Å². The third kappa shape index (κ3) is 4.70. The lowest BCUT2D eigenvalue weighted by molar-refractivity contribution is -0.118. The lowest BCUT2D eigenvalue weighted by Crippen LogP contribution is -2.19. The standard InChI is InChI=1S/C16H12FN5O2S/c17-13-4-2-1-3-12(13)9-19-20-14(23)10-25-16-22-21-15(24-16)11-5-7-18-8-6-11/h1-9H,10H2,(H,20,23)/b19-9+. The van der Waals surface area contributed by atoms with Gasteiger partial charge in [-0.2, -0.15) is 5.10 Å². The van der Waals surface area contributed by atoms with Crippen LogP contribution in [-0.4, -0.2) is 33.1 Å². The maximum atomic E-state index is 13.4. The van der Waals surface area contributed by atoms with Crippen molar-refractivity contribution in [2.24, 2.45) is 5.10 Å². The molecule has 0 aliphatic rings. The molecule has 0 saturated heterocycles. The Morgan fingerprint density at radius 2 is 2.04 bits per heavy atom. The summed E-state index contributed by atoms with van der Waals surface area (Å²) in [7, 11) is 0. The van der Waals surface area contributed by atoms with Gasteiger partial charge in [0.15, 0.2) is 0 Å². The Bertz CT molecular complexity index is 885. The first-order valence-corrected chi connectivity index (χ1v) is 8.14. The second-order valence-electron chi connectivity index (χ2n) is 4.71. The summed E-state index contributed by atoms with van der Waals surface area (Å²) in [5.41, 5.74) is 3.34. The third-order valence-electron chi connectivity index (χ3n) is 2.96. The maximum absolute atomic E-state index is 13.4. The number of aromatic nitrogens is 3. The number of hydrazone groups is 1. The molecular formula is C16H12FN5O2S. The molecule has 0 radical (unpaired) electrons. The van der Waals surface area contributed by atoms with Gasteiger partial charge in [0.25, 0.3) is 11.1 Å². The number of thioether (sulfide) groups is 1. The van der Waals surface area contributed by atoms with E-state index in [9.17, 15) is 9.18 Å². The second-order valence-corrected chi connectivity index (χ2v) is 5.64. The average molecular weight is 357 g/mol. The summed E-state index contributed by atoms with van der Waals surface area (Å²) >= 11 is 1.08. The molecule has 3 rings (SSSR count). The van der Waals surface area contributed by atoms with Crippen LogP contribution in [0.5, 0.6) is 0 Å². The van der Waals surface area contributed by atoms with Crippen LogP contribution < -0.4 is 5.43 Å². The second kappa shape index (κ2) is 8.15. The van der Waals surface area contributed by atoms with E-state index in [0.29, 0.717) is 5.89 Å². The molecule has 0 atom stereocenters. The fraction of sp³-hybridized carbons (Fsp3) is 0.0625. The summed E-state index contributed by atoms with van der Waals surface area (Å²) in [6.07, 6.45) is 4.48. The summed E-state index contributed by atoms with van der Waals surface area (Å²) in [4.78, 5) is 15.6. The zero-order chi connectivity index (χ0) is 17.5. The highest BCUT2D eigenvalue weighted by atomic mass is 32.2. The Morgan fingerprint density at radius 1 is 1.24 bits per heavy atom. The van der Waals surface area contributed by atoms with Crippen LogP contribution in [0.4, 0.5) is 4.39 Å². The molecule has 0 aliphatic heterocycles. The summed E-state index contributed by atoms with van der Waals surface area (Å²) in [5.74, 6) is -0.402. The number of benzene rings is 1. The van der Waals surface area contributed by atoms with Crippen LogP contribution in [0.3, 0.4) is 0 Å². The van der Waals surface area contributed by atoms with Gasteiger partial charge in [-0.15, -0.1) is 10.2 Å². The van der Waals surface area contributed by atoms with Crippen molar-refractivity contribution >= 4 is 23.9 Å². The molecule has 25 heavy (non-hydrogen) atoms. The molecule has 7 nitrogen and oxygen atoms in total. The molecule has 2 heterocycles. The van der Waals surface area contributed by atoms with Crippen molar-refractivity contribution in [3.63, 3.8) is 0 Å². The minimum absolute atomic E-state index is 0.0343. The Morgan fingerprint density at radius 3 is 2.84 bits per heavy atom. The van der Waals surface area contributed by atoms with Crippen molar-refractivity contribution in [2.45, 2.75) is 5.22 Å². The molecule has 0 spiro atoms. The maximum Gasteiger partial charge on any atom is 0.277 e. The number of rotatable bonds is 6. The molecule has 1 aromatic carbocycles. The molecule has 0 aliphatic carbocycles. The quantitative estimate of drug-likeness (QED) is 0.414. The Balaban J connectivity index is 1.50. The minimum atomic E-state index is -0.413. The van der Waals surface area contributed by atoms with Crippen molar-refractivity contribution in [1.29, 1.82) is 0 Å². The highest BCUT2D eigenvalue weighted by Crippen LogP contribution is 2.22. The van der Waals surface area contributed by atoms with Gasteiger partial charge < -0.3 is 4.42 Å². The molecule has 0 saturated carbocycles. The van der Waals surface area contributed by atoms with Crippen LogP contribution in [-0.2, 0) is 4.79 Å². The fourth-order valence-corrected chi connectivity index (χ4v) is 2.35. The van der Waals surface area contributed by atoms with Crippen molar-refractivity contribution in [3.8, 4) is 11.5 Å². The molecule has 9 heteroatoms. The predicted octanol–water partition coefficient (Wildman–Crippen LogP) is 2.51. The van der Waals surface area contributed by atoms with E-state index in [1.54, 1.807) is 42.7 Å². The van der Waals surface area contributed by atoms with Gasteiger partial charge in [0, 0.05) is 23.5 Å². The van der Waals surface area contributed by atoms with E-state index < -0.39 is 5.82 Å². The number of amides is 1. The molecule has 2 aromatic heterocycles. The van der Waals surface area contributed by atoms with Gasteiger partial charge in [-0.1, -0.05) is 30.0 Å². The molecule has 126 valence electrons. The zero-order valence-corrected chi connectivity index (χ0v) is 13.6. The Hall–Kier alpha value is -3.07. The predicted molar refractivity (Wildman–Crippen MR) is 90.4 cm³/mol. The largest absolute Gasteiger partial charge is 0.411 e. The first-order valence-electron chi connectivity index (χ1n) is 7.15. The van der Waals surface area contributed by atoms with E-state index in [2.05, 4.69) is 25.7 Å². The molecule has 3 aromatic rings. The van der Waals surface area contributed by atoms with Gasteiger partial charge in [-0.3, -0.25) is 9.78 Å². The SMILES string of the molecule is O=C(CSc1nnc(-c2ccncc2)o1)N/N=C/c1ccccc1F. The Kier molecular flexibility index (Phi) is 5.47. The number of carbonyl (C=O) groups excluding carboxylic acids is 1. The van der Waals surface area contributed by atoms with Crippen LogP contribution in [0.25, 0.3) is 11.5 Å². The van der Waals surface area contributed by atoms with E-state index in [1.807, 2.05) is 0 Å². The number of hydrogen-bond donors (Lipinski definition) is 1. The molecule has 0 unspecified atom stereocenters. The summed E-state index contributed by atoms with van der Waals surface area (Å²) in [6.45, 7) is 0. The highest BCUT2D eigenvalue weighted by molar-refractivity contribution is 7.99. The van der Waals surface area contributed by atoms with Crippen LogP contribution in [0.1, 0.15) is 5.56 Å². The van der Waals surface area contributed by atoms with E-state index in [0.717, 1.165) is 17.3 Å². The normalized spacial score (nSPS) is 10.9. The van der Waals surface area contributed by atoms with Gasteiger partial charge in [0.2, 0.25) is 5.89 Å². The number of carbonyl (C=O) groups is 1. The summed E-state index contributed by atoms with van der Waals surface area (Å²) in [5, 5.41) is 11.7. The van der Waals surface area contributed by atoms with Gasteiger partial charge in [-0.05, 0) is 18.2 Å². The van der Waals surface area contributed by atoms with Crippen molar-refractivity contribution in [3.05, 3.63) is 60.2 Å². The van der Waals surface area contributed by atoms with Crippen LogP contribution in [0.15, 0.2) is 63.5 Å². The van der Waals surface area contributed by atoms with Crippen LogP contribution in [0, 0.1) is 5.82 Å². The minimum Gasteiger partial charge on any atom is -0.411 e. The summed E-state index contributed by atoms with van der Waals surface area (Å²) in [6, 6.07) is 9.61. The monoisotopic (exact) mass is 357 g/mol. The number of nitrogens with zero attached hydrogens (tertiary/aromatic N) is 4. The van der Waals surface area contributed by atoms with Gasteiger partial charge in [0.05, 0.1) is 12.0 Å². The van der Waals surface area contributed by atoms with Crippen LogP contribution in [0.2, 0.25) is 0 Å². The topological polar surface area (TPSA) is 93.3 Å². The number of nitrogens with one attached hydrogen (secondary N) is 1. The van der Waals surface area contributed by atoms with E-state index in [-0.39, 0.29) is 22.4 Å². The number of hydrogen-bond acceptors (Lipinski definition) is 7. The molecule has 0 bridgehead atoms. The van der Waals surface area contributed by atoms with Crippen molar-refractivity contribution in [2.75, 3.05) is 5.75 Å². The number of pyridine rings is 1. The smallest absolute Gasteiger partial charge is 0.277 e. The van der Waals surface area contributed by atoms with Crippen molar-refractivity contribution < 1.29 is 13.6 Å². The van der Waals surface area contributed by atoms with E-state index in [4.69, 9.17) is 4.42 Å². The number of halogens is 1. The van der Waals surface area contributed by atoms with Gasteiger partial charge in [-0.25, -0.2) is 9.82 Å². The zero-order valence-electron chi connectivity index (χ0n) is 12.8. The lowest BCUT2D eigenvalue weighted by Gasteiger charge is -1.98. The lowest BCUT2D eigenvalue weighted by atomic mass is 10.2. The molecular weight excluding hydrogens is 345 g/mol. The van der Waals surface area contributed by atoms with Crippen LogP contribution >= 0.6 is 11.8 Å². The first-order chi connectivity index (χ1) is 12.2. The highest BCUT2D eigenvalue weighted by Gasteiger charge is 2.10. The van der Waals surface area contributed by atoms with Crippen molar-refractivity contribution in [1.82, 2.24) is 20.6 Å². The van der Waals surface area contributed by atoms with Gasteiger partial charge >= 0.3 is 0 Å². The van der Waals surface area contributed by atoms with E-state index in [1.165, 1.54) is 12.3 Å². The Labute approximate surface area is 146 Å². The van der Waals surface area contributed by atoms with E-state index >= 15 is 0 Å². The molecule has 0 fully saturated rings. The molecule has 1 amide bonds. The summed E-state index contributed by atoms with van der Waals surface area (Å²) < 4.78 is 18.8. The average Bonchev–Trinajstić information content (AvgIpc) is 3.11. The molecule has 1 N–H and O–H groups in total. The third-order valence-corrected chi connectivity index (χ3v) is 3.78.